The van der Waals surface area contributed by atoms with Crippen molar-refractivity contribution in [2.45, 2.75) is 43.8 Å². The second-order valence-electron chi connectivity index (χ2n) is 5.49. The molecular formula is C15H20BrNO5S. The number of sulfonamides is 1. The minimum absolute atomic E-state index is 0.0193. The molecule has 2 atom stereocenters. The van der Waals surface area contributed by atoms with Crippen molar-refractivity contribution in [2.24, 2.45) is 0 Å². The molecule has 1 aromatic rings. The van der Waals surface area contributed by atoms with Gasteiger partial charge in [0.2, 0.25) is 0 Å². The number of rotatable bonds is 6. The van der Waals surface area contributed by atoms with Crippen molar-refractivity contribution in [3.8, 4) is 0 Å². The van der Waals surface area contributed by atoms with Crippen LogP contribution in [0.4, 0.5) is 0 Å². The monoisotopic (exact) mass is 405 g/mol. The molecule has 0 aromatic heterocycles. The van der Waals surface area contributed by atoms with Gasteiger partial charge in [-0.25, -0.2) is 13.1 Å². The highest BCUT2D eigenvalue weighted by Crippen LogP contribution is 2.20. The van der Waals surface area contributed by atoms with E-state index in [4.69, 9.17) is 9.47 Å². The maximum absolute atomic E-state index is 12.3. The Morgan fingerprint density at radius 2 is 2.26 bits per heavy atom. The van der Waals surface area contributed by atoms with E-state index in [9.17, 15) is 13.2 Å². The summed E-state index contributed by atoms with van der Waals surface area (Å²) in [6.45, 7) is 4.17. The fourth-order valence-corrected chi connectivity index (χ4v) is 4.06. The van der Waals surface area contributed by atoms with Crippen molar-refractivity contribution in [1.29, 1.82) is 0 Å². The standard InChI is InChI=1S/C15H20BrNO5S/c1-10-5-6-12(16)8-14(10)23(19,20)17-15(18)11(2)22-9-13-4-3-7-21-13/h5-6,8,11,13H,3-4,7,9H2,1-2H3,(H,17,18)/t11-,13+/m0/s1. The lowest BCUT2D eigenvalue weighted by Crippen LogP contribution is -2.39. The first-order valence-corrected chi connectivity index (χ1v) is 9.63. The van der Waals surface area contributed by atoms with Gasteiger partial charge < -0.3 is 9.47 Å². The Labute approximate surface area is 144 Å². The average Bonchev–Trinajstić information content (AvgIpc) is 3.00. The van der Waals surface area contributed by atoms with Crippen molar-refractivity contribution in [1.82, 2.24) is 4.72 Å². The largest absolute Gasteiger partial charge is 0.376 e. The van der Waals surface area contributed by atoms with Crippen LogP contribution in [0.15, 0.2) is 27.6 Å². The van der Waals surface area contributed by atoms with E-state index < -0.39 is 22.0 Å². The van der Waals surface area contributed by atoms with Gasteiger partial charge in [0, 0.05) is 11.1 Å². The fraction of sp³-hybridized carbons (Fsp3) is 0.533. The molecule has 1 N–H and O–H groups in total. The molecule has 0 aliphatic carbocycles. The summed E-state index contributed by atoms with van der Waals surface area (Å²) in [7, 11) is -3.94. The molecule has 1 saturated heterocycles. The summed E-state index contributed by atoms with van der Waals surface area (Å²) < 4.78 is 38.2. The van der Waals surface area contributed by atoms with E-state index in [-0.39, 0.29) is 17.6 Å². The Kier molecular flexibility index (Phi) is 6.19. The number of ether oxygens (including phenoxy) is 2. The van der Waals surface area contributed by atoms with Crippen LogP contribution in [0.5, 0.6) is 0 Å². The SMILES string of the molecule is Cc1ccc(Br)cc1S(=O)(=O)NC(=O)[C@H](C)OC[C@H]1CCCO1. The molecule has 0 unspecified atom stereocenters. The van der Waals surface area contributed by atoms with Crippen LogP contribution in [0.1, 0.15) is 25.3 Å². The first-order valence-electron chi connectivity index (χ1n) is 7.35. The highest BCUT2D eigenvalue weighted by Gasteiger charge is 2.25. The Morgan fingerprint density at radius 3 is 2.91 bits per heavy atom. The summed E-state index contributed by atoms with van der Waals surface area (Å²) in [6, 6.07) is 4.87. The van der Waals surface area contributed by atoms with Crippen LogP contribution in [-0.2, 0) is 24.3 Å². The van der Waals surface area contributed by atoms with E-state index in [1.807, 2.05) is 0 Å². The normalized spacial score (nSPS) is 19.5. The molecule has 8 heteroatoms. The molecule has 1 aliphatic rings. The van der Waals surface area contributed by atoms with Crippen LogP contribution in [0.3, 0.4) is 0 Å². The van der Waals surface area contributed by atoms with Crippen molar-refractivity contribution < 1.29 is 22.7 Å². The summed E-state index contributed by atoms with van der Waals surface area (Å²) in [5.74, 6) is -0.692. The van der Waals surface area contributed by atoms with Crippen LogP contribution < -0.4 is 4.72 Å². The van der Waals surface area contributed by atoms with Crippen LogP contribution in [0.25, 0.3) is 0 Å². The highest BCUT2D eigenvalue weighted by molar-refractivity contribution is 9.10. The smallest absolute Gasteiger partial charge is 0.264 e. The van der Waals surface area contributed by atoms with Crippen molar-refractivity contribution in [3.63, 3.8) is 0 Å². The first kappa shape index (κ1) is 18.4. The zero-order valence-electron chi connectivity index (χ0n) is 13.0. The summed E-state index contributed by atoms with van der Waals surface area (Å²) in [5, 5.41) is 0. The van der Waals surface area contributed by atoms with Gasteiger partial charge in [-0.2, -0.15) is 0 Å². The van der Waals surface area contributed by atoms with Gasteiger partial charge in [0.05, 0.1) is 17.6 Å². The number of carbonyl (C=O) groups excluding carboxylic acids is 1. The van der Waals surface area contributed by atoms with Crippen LogP contribution in [-0.4, -0.2) is 39.7 Å². The number of hydrogen-bond donors (Lipinski definition) is 1. The van der Waals surface area contributed by atoms with E-state index in [0.29, 0.717) is 16.6 Å². The minimum Gasteiger partial charge on any atom is -0.376 e. The van der Waals surface area contributed by atoms with Crippen LogP contribution in [0.2, 0.25) is 0 Å². The molecule has 23 heavy (non-hydrogen) atoms. The van der Waals surface area contributed by atoms with Gasteiger partial charge in [-0.3, -0.25) is 4.79 Å². The minimum atomic E-state index is -3.94. The Balaban J connectivity index is 1.98. The average molecular weight is 406 g/mol. The van der Waals surface area contributed by atoms with Crippen LogP contribution in [0, 0.1) is 6.92 Å². The molecule has 0 saturated carbocycles. The molecule has 1 aromatic carbocycles. The molecule has 2 rings (SSSR count). The maximum Gasteiger partial charge on any atom is 0.264 e. The third-order valence-electron chi connectivity index (χ3n) is 3.60. The molecule has 6 nitrogen and oxygen atoms in total. The Hall–Kier alpha value is -0.960. The predicted octanol–water partition coefficient (Wildman–Crippen LogP) is 2.15. The second kappa shape index (κ2) is 7.74. The van der Waals surface area contributed by atoms with Gasteiger partial charge >= 0.3 is 0 Å². The van der Waals surface area contributed by atoms with Crippen molar-refractivity contribution in [2.75, 3.05) is 13.2 Å². The molecule has 0 bridgehead atoms. The summed E-state index contributed by atoms with van der Waals surface area (Å²) in [5.41, 5.74) is 0.557. The number of nitrogens with one attached hydrogen (secondary N) is 1. The lowest BCUT2D eigenvalue weighted by atomic mass is 10.2. The van der Waals surface area contributed by atoms with Gasteiger partial charge in [-0.1, -0.05) is 22.0 Å². The Bertz CT molecular complexity index is 670. The molecule has 0 radical (unpaired) electrons. The van der Waals surface area contributed by atoms with E-state index >= 15 is 0 Å². The topological polar surface area (TPSA) is 81.7 Å². The molecule has 1 amide bonds. The number of amides is 1. The number of benzene rings is 1. The van der Waals surface area contributed by atoms with E-state index in [0.717, 1.165) is 12.8 Å². The Morgan fingerprint density at radius 1 is 1.52 bits per heavy atom. The van der Waals surface area contributed by atoms with Gasteiger partial charge in [0.25, 0.3) is 15.9 Å². The summed E-state index contributed by atoms with van der Waals surface area (Å²) in [4.78, 5) is 12.1. The van der Waals surface area contributed by atoms with E-state index in [2.05, 4.69) is 20.7 Å². The molecule has 1 heterocycles. The first-order chi connectivity index (χ1) is 10.8. The van der Waals surface area contributed by atoms with Crippen molar-refractivity contribution in [3.05, 3.63) is 28.2 Å². The molecular weight excluding hydrogens is 386 g/mol. The zero-order valence-corrected chi connectivity index (χ0v) is 15.4. The lowest BCUT2D eigenvalue weighted by molar-refractivity contribution is -0.131. The van der Waals surface area contributed by atoms with Crippen molar-refractivity contribution >= 4 is 31.9 Å². The predicted molar refractivity (Wildman–Crippen MR) is 88.6 cm³/mol. The number of carbonyl (C=O) groups is 1. The van der Waals surface area contributed by atoms with Crippen LogP contribution >= 0.6 is 15.9 Å². The number of halogens is 1. The summed E-state index contributed by atoms with van der Waals surface area (Å²) >= 11 is 3.23. The lowest BCUT2D eigenvalue weighted by Gasteiger charge is -2.16. The van der Waals surface area contributed by atoms with Gasteiger partial charge in [0.1, 0.15) is 6.10 Å². The molecule has 128 valence electrons. The van der Waals surface area contributed by atoms with E-state index in [1.165, 1.54) is 13.0 Å². The molecule has 0 spiro atoms. The highest BCUT2D eigenvalue weighted by atomic mass is 79.9. The quantitative estimate of drug-likeness (QED) is 0.783. The molecule has 1 aliphatic heterocycles. The fourth-order valence-electron chi connectivity index (χ4n) is 2.24. The third-order valence-corrected chi connectivity index (χ3v) is 5.58. The second-order valence-corrected chi connectivity index (χ2v) is 8.06. The van der Waals surface area contributed by atoms with Gasteiger partial charge in [-0.05, 0) is 44.4 Å². The maximum atomic E-state index is 12.3. The van der Waals surface area contributed by atoms with E-state index in [1.54, 1.807) is 19.1 Å². The van der Waals surface area contributed by atoms with Gasteiger partial charge in [-0.15, -0.1) is 0 Å². The number of aryl methyl sites for hydroxylation is 1. The van der Waals surface area contributed by atoms with Gasteiger partial charge in [0.15, 0.2) is 0 Å². The zero-order chi connectivity index (χ0) is 17.0. The summed E-state index contributed by atoms with van der Waals surface area (Å²) in [6.07, 6.45) is 0.977. The molecule has 1 fully saturated rings. The third kappa shape index (κ3) is 5.00. The number of hydrogen-bond acceptors (Lipinski definition) is 5.